The molecule has 0 spiro atoms. The first kappa shape index (κ1) is 50.0. The summed E-state index contributed by atoms with van der Waals surface area (Å²) in [6.07, 6.45) is 38.5. The smallest absolute Gasteiger partial charge is 0.306 e. The third kappa shape index (κ3) is 37.7. The van der Waals surface area contributed by atoms with Gasteiger partial charge in [0.25, 0.3) is 7.82 Å². The van der Waals surface area contributed by atoms with Gasteiger partial charge in [-0.25, -0.2) is 0 Å². The van der Waals surface area contributed by atoms with E-state index in [0.29, 0.717) is 17.4 Å². The summed E-state index contributed by atoms with van der Waals surface area (Å²) in [5.74, 6) is -0.885. The minimum absolute atomic E-state index is 0.0396. The number of nitrogens with zero attached hydrogens (tertiary/aromatic N) is 1. The Morgan fingerprint density at radius 3 is 1.63 bits per heavy atom. The molecule has 0 N–H and O–H groups in total. The fourth-order valence-electron chi connectivity index (χ4n) is 5.17. The van der Waals surface area contributed by atoms with Gasteiger partial charge in [0.15, 0.2) is 6.10 Å². The van der Waals surface area contributed by atoms with Crippen LogP contribution in [0, 0.1) is 0 Å². The molecule has 9 nitrogen and oxygen atoms in total. The molecule has 0 aromatic heterocycles. The Kier molecular flexibility index (Phi) is 33.4. The van der Waals surface area contributed by atoms with Crippen LogP contribution in [-0.4, -0.2) is 70.0 Å². The second-order valence-electron chi connectivity index (χ2n) is 14.6. The van der Waals surface area contributed by atoms with Crippen LogP contribution in [-0.2, 0) is 32.7 Å². The molecule has 0 aliphatic carbocycles. The largest absolute Gasteiger partial charge is 0.756 e. The summed E-state index contributed by atoms with van der Waals surface area (Å²) >= 11 is 0. The minimum Gasteiger partial charge on any atom is -0.756 e. The predicted molar refractivity (Wildman–Crippen MR) is 213 cm³/mol. The molecule has 0 amide bonds. The van der Waals surface area contributed by atoms with Gasteiger partial charge in [-0.15, -0.1) is 0 Å². The number of hydrogen-bond donors (Lipinski definition) is 0. The second-order valence-corrected chi connectivity index (χ2v) is 16.0. The van der Waals surface area contributed by atoms with Gasteiger partial charge in [-0.3, -0.25) is 14.2 Å². The van der Waals surface area contributed by atoms with Crippen molar-refractivity contribution >= 4 is 19.8 Å². The van der Waals surface area contributed by atoms with Crippen LogP contribution in [0.4, 0.5) is 0 Å². The lowest BCUT2D eigenvalue weighted by Gasteiger charge is -2.28. The van der Waals surface area contributed by atoms with Crippen LogP contribution in [0.5, 0.6) is 0 Å². The maximum absolute atomic E-state index is 12.6. The molecule has 302 valence electrons. The van der Waals surface area contributed by atoms with Crippen molar-refractivity contribution < 1.29 is 42.1 Å². The lowest BCUT2D eigenvalue weighted by Crippen LogP contribution is -2.37. The van der Waals surface area contributed by atoms with E-state index < -0.39 is 32.5 Å². The van der Waals surface area contributed by atoms with E-state index in [-0.39, 0.29) is 26.1 Å². The zero-order valence-corrected chi connectivity index (χ0v) is 34.6. The Morgan fingerprint density at radius 2 is 1.10 bits per heavy atom. The topological polar surface area (TPSA) is 111 Å². The third-order valence-electron chi connectivity index (χ3n) is 8.36. The average molecular weight is 754 g/mol. The molecule has 0 rings (SSSR count). The van der Waals surface area contributed by atoms with Crippen LogP contribution >= 0.6 is 7.82 Å². The van der Waals surface area contributed by atoms with Crippen molar-refractivity contribution in [1.29, 1.82) is 0 Å². The molecule has 0 heterocycles. The summed E-state index contributed by atoms with van der Waals surface area (Å²) in [4.78, 5) is 37.4. The van der Waals surface area contributed by atoms with Crippen molar-refractivity contribution in [3.8, 4) is 0 Å². The molecular weight excluding hydrogens is 677 g/mol. The molecular formula is C42H76NO8P. The Labute approximate surface area is 318 Å². The highest BCUT2D eigenvalue weighted by molar-refractivity contribution is 7.45. The standard InChI is InChI=1S/C42H76NO8P/c1-6-8-10-12-14-16-18-20-21-23-25-27-29-31-33-35-42(45)51-40(39-50-52(46,47)49-37-36-43(3,4)5)38-48-41(44)34-32-30-28-26-24-22-19-17-15-13-11-9-7-2/h8,10,14,16,20-21,25,27,40H,6-7,9,11-13,15,17-19,22-24,26,28-39H2,1-5H3/b10-8-,16-14-,21-20-,27-25-. The number of phosphoric ester groups is 1. The zero-order chi connectivity index (χ0) is 38.6. The van der Waals surface area contributed by atoms with Crippen molar-refractivity contribution in [1.82, 2.24) is 0 Å². The van der Waals surface area contributed by atoms with Crippen LogP contribution in [0.2, 0.25) is 0 Å². The number of esters is 2. The van der Waals surface area contributed by atoms with Gasteiger partial charge in [0.2, 0.25) is 0 Å². The van der Waals surface area contributed by atoms with Crippen LogP contribution in [0.15, 0.2) is 48.6 Å². The number of quaternary nitrogens is 1. The van der Waals surface area contributed by atoms with E-state index in [1.807, 2.05) is 21.1 Å². The maximum Gasteiger partial charge on any atom is 0.306 e. The molecule has 0 aliphatic rings. The lowest BCUT2D eigenvalue weighted by atomic mass is 10.0. The van der Waals surface area contributed by atoms with Crippen LogP contribution in [0.1, 0.15) is 155 Å². The maximum atomic E-state index is 12.6. The summed E-state index contributed by atoms with van der Waals surface area (Å²) in [6.45, 7) is 4.05. The predicted octanol–water partition coefficient (Wildman–Crippen LogP) is 10.5. The monoisotopic (exact) mass is 754 g/mol. The number of carbonyl (C=O) groups is 2. The van der Waals surface area contributed by atoms with E-state index in [9.17, 15) is 19.0 Å². The first-order valence-corrected chi connectivity index (χ1v) is 21.8. The Balaban J connectivity index is 4.49. The normalized spacial score (nSPS) is 14.2. The molecule has 52 heavy (non-hydrogen) atoms. The zero-order valence-electron chi connectivity index (χ0n) is 33.7. The molecule has 2 unspecified atom stereocenters. The van der Waals surface area contributed by atoms with E-state index in [2.05, 4.69) is 62.5 Å². The van der Waals surface area contributed by atoms with E-state index in [1.54, 1.807) is 0 Å². The van der Waals surface area contributed by atoms with Crippen LogP contribution < -0.4 is 4.89 Å². The summed E-state index contributed by atoms with van der Waals surface area (Å²) in [5, 5.41) is 0. The molecule has 0 bridgehead atoms. The van der Waals surface area contributed by atoms with Crippen molar-refractivity contribution in [2.75, 3.05) is 47.5 Å². The van der Waals surface area contributed by atoms with Crippen molar-refractivity contribution in [2.24, 2.45) is 0 Å². The van der Waals surface area contributed by atoms with E-state index in [1.165, 1.54) is 64.2 Å². The summed E-state index contributed by atoms with van der Waals surface area (Å²) in [7, 11) is 1.13. The molecule has 10 heteroatoms. The van der Waals surface area contributed by atoms with E-state index in [4.69, 9.17) is 18.5 Å². The number of ether oxygens (including phenoxy) is 2. The van der Waals surface area contributed by atoms with E-state index >= 15 is 0 Å². The number of rotatable bonds is 36. The molecule has 0 aromatic carbocycles. The lowest BCUT2D eigenvalue weighted by molar-refractivity contribution is -0.870. The number of likely N-dealkylation sites (N-methyl/N-ethyl adjacent to an activating group) is 1. The van der Waals surface area contributed by atoms with Crippen molar-refractivity contribution in [3.05, 3.63) is 48.6 Å². The molecule has 0 saturated carbocycles. The third-order valence-corrected chi connectivity index (χ3v) is 9.33. The van der Waals surface area contributed by atoms with Crippen molar-refractivity contribution in [2.45, 2.75) is 161 Å². The molecule has 0 saturated heterocycles. The number of unbranched alkanes of at least 4 members (excludes halogenated alkanes) is 14. The average Bonchev–Trinajstić information content (AvgIpc) is 3.09. The van der Waals surface area contributed by atoms with Gasteiger partial charge < -0.3 is 27.9 Å². The highest BCUT2D eigenvalue weighted by Crippen LogP contribution is 2.38. The van der Waals surface area contributed by atoms with Gasteiger partial charge in [0.1, 0.15) is 19.8 Å². The van der Waals surface area contributed by atoms with Gasteiger partial charge in [-0.2, -0.15) is 0 Å². The minimum atomic E-state index is -4.63. The fraction of sp³-hybridized carbons (Fsp3) is 0.762. The Bertz CT molecular complexity index is 1030. The molecule has 0 aromatic rings. The number of hydrogen-bond acceptors (Lipinski definition) is 8. The summed E-state index contributed by atoms with van der Waals surface area (Å²) in [5.41, 5.74) is 0. The summed E-state index contributed by atoms with van der Waals surface area (Å²) < 4.78 is 33.8. The SMILES string of the molecule is CC/C=C\C/C=C\C/C=C\C/C=C\CCCCC(=O)OC(COC(=O)CCCCCCCCCCCCCCC)COP(=O)([O-])OCC[N+](C)(C)C. The Morgan fingerprint density at radius 1 is 0.615 bits per heavy atom. The fourth-order valence-corrected chi connectivity index (χ4v) is 5.90. The first-order valence-electron chi connectivity index (χ1n) is 20.3. The van der Waals surface area contributed by atoms with Gasteiger partial charge >= 0.3 is 11.9 Å². The van der Waals surface area contributed by atoms with Crippen molar-refractivity contribution in [3.63, 3.8) is 0 Å². The highest BCUT2D eigenvalue weighted by atomic mass is 31.2. The Hall–Kier alpha value is -2.03. The van der Waals surface area contributed by atoms with Crippen LogP contribution in [0.25, 0.3) is 0 Å². The second kappa shape index (κ2) is 34.7. The van der Waals surface area contributed by atoms with Crippen LogP contribution in [0.3, 0.4) is 0 Å². The molecule has 0 aliphatic heterocycles. The van der Waals surface area contributed by atoms with Gasteiger partial charge in [-0.05, 0) is 51.4 Å². The number of phosphoric acid groups is 1. The summed E-state index contributed by atoms with van der Waals surface area (Å²) in [6, 6.07) is 0. The number of carbonyl (C=O) groups excluding carboxylic acids is 2. The number of allylic oxidation sites excluding steroid dienone is 8. The van der Waals surface area contributed by atoms with Gasteiger partial charge in [-0.1, -0.05) is 140 Å². The quantitative estimate of drug-likeness (QED) is 0.0204. The van der Waals surface area contributed by atoms with E-state index in [0.717, 1.165) is 57.8 Å². The first-order chi connectivity index (χ1) is 25.0. The van der Waals surface area contributed by atoms with Gasteiger partial charge in [0.05, 0.1) is 27.7 Å². The van der Waals surface area contributed by atoms with Gasteiger partial charge in [0, 0.05) is 12.8 Å². The molecule has 2 atom stereocenters. The highest BCUT2D eigenvalue weighted by Gasteiger charge is 2.21. The molecule has 0 radical (unpaired) electrons. The molecule has 0 fully saturated rings.